The van der Waals surface area contributed by atoms with E-state index in [1.54, 1.807) is 0 Å². The molecule has 0 aliphatic carbocycles. The lowest BCUT2D eigenvalue weighted by molar-refractivity contribution is -0.131. The number of carbonyl (C=O) groups excluding carboxylic acids is 1. The molecule has 0 N–H and O–H groups in total. The Labute approximate surface area is 144 Å². The van der Waals surface area contributed by atoms with E-state index in [0.717, 1.165) is 46.6 Å². The summed E-state index contributed by atoms with van der Waals surface area (Å²) in [4.78, 5) is 14.0. The van der Waals surface area contributed by atoms with Crippen LogP contribution >= 0.6 is 11.8 Å². The maximum Gasteiger partial charge on any atom is 0.232 e. The minimum Gasteiger partial charge on any atom is -0.342 e. The van der Waals surface area contributed by atoms with Crippen molar-refractivity contribution in [3.63, 3.8) is 0 Å². The van der Waals surface area contributed by atoms with Crippen LogP contribution in [0.3, 0.4) is 0 Å². The molecule has 1 aromatic heterocycles. The SMILES string of the molecule is O=C(CSc1nnc(-c2ccccc2)c2ccccc12)N1CCC1. The van der Waals surface area contributed by atoms with Crippen LogP contribution in [-0.4, -0.2) is 39.8 Å². The van der Waals surface area contributed by atoms with Gasteiger partial charge in [-0.3, -0.25) is 4.79 Å². The Kier molecular flexibility index (Phi) is 4.17. The van der Waals surface area contributed by atoms with Crippen LogP contribution in [0.4, 0.5) is 0 Å². The molecule has 2 heterocycles. The van der Waals surface area contributed by atoms with E-state index < -0.39 is 0 Å². The van der Waals surface area contributed by atoms with Crippen LogP contribution in [0.15, 0.2) is 59.6 Å². The van der Waals surface area contributed by atoms with Gasteiger partial charge >= 0.3 is 0 Å². The van der Waals surface area contributed by atoms with Gasteiger partial charge < -0.3 is 4.90 Å². The number of benzene rings is 2. The number of amides is 1. The summed E-state index contributed by atoms with van der Waals surface area (Å²) in [5.41, 5.74) is 1.93. The highest BCUT2D eigenvalue weighted by Gasteiger charge is 2.20. The van der Waals surface area contributed by atoms with Crippen LogP contribution in [0, 0.1) is 0 Å². The summed E-state index contributed by atoms with van der Waals surface area (Å²) in [6.07, 6.45) is 1.12. The van der Waals surface area contributed by atoms with Gasteiger partial charge in [-0.1, -0.05) is 66.4 Å². The van der Waals surface area contributed by atoms with Crippen LogP contribution in [0.1, 0.15) is 6.42 Å². The van der Waals surface area contributed by atoms with E-state index in [1.165, 1.54) is 11.8 Å². The normalized spacial score (nSPS) is 13.8. The third-order valence-corrected chi connectivity index (χ3v) is 5.21. The average Bonchev–Trinajstić information content (AvgIpc) is 2.59. The number of nitrogens with zero attached hydrogens (tertiary/aromatic N) is 3. The van der Waals surface area contributed by atoms with E-state index in [-0.39, 0.29) is 5.91 Å². The molecule has 1 amide bonds. The molecule has 3 aromatic rings. The Bertz CT molecular complexity index is 878. The summed E-state index contributed by atoms with van der Waals surface area (Å²) in [7, 11) is 0. The zero-order valence-corrected chi connectivity index (χ0v) is 14.0. The monoisotopic (exact) mass is 335 g/mol. The molecule has 0 bridgehead atoms. The standard InChI is InChI=1S/C19H17N3OS/c23-17(22-11-6-12-22)13-24-19-16-10-5-4-9-15(16)18(20-21-19)14-7-2-1-3-8-14/h1-5,7-10H,6,11-13H2. The van der Waals surface area contributed by atoms with Gasteiger partial charge in [0.2, 0.25) is 5.91 Å². The van der Waals surface area contributed by atoms with Crippen LogP contribution in [0.2, 0.25) is 0 Å². The number of likely N-dealkylation sites (tertiary alicyclic amines) is 1. The second kappa shape index (κ2) is 6.61. The number of thioether (sulfide) groups is 1. The van der Waals surface area contributed by atoms with E-state index in [1.807, 2.05) is 53.4 Å². The lowest BCUT2D eigenvalue weighted by Gasteiger charge is -2.30. The maximum absolute atomic E-state index is 12.1. The summed E-state index contributed by atoms with van der Waals surface area (Å²) in [5, 5.41) is 11.8. The first-order valence-electron chi connectivity index (χ1n) is 8.04. The molecule has 120 valence electrons. The molecule has 0 radical (unpaired) electrons. The molecular weight excluding hydrogens is 318 g/mol. The molecule has 1 aliphatic heterocycles. The highest BCUT2D eigenvalue weighted by atomic mass is 32.2. The lowest BCUT2D eigenvalue weighted by Crippen LogP contribution is -2.43. The topological polar surface area (TPSA) is 46.1 Å². The highest BCUT2D eigenvalue weighted by Crippen LogP contribution is 2.31. The van der Waals surface area contributed by atoms with Crippen molar-refractivity contribution in [2.45, 2.75) is 11.4 Å². The van der Waals surface area contributed by atoms with Crippen LogP contribution in [0.25, 0.3) is 22.0 Å². The molecule has 24 heavy (non-hydrogen) atoms. The minimum absolute atomic E-state index is 0.185. The van der Waals surface area contributed by atoms with Gasteiger partial charge in [-0.15, -0.1) is 10.2 Å². The Morgan fingerprint density at radius 2 is 1.67 bits per heavy atom. The van der Waals surface area contributed by atoms with Crippen molar-refractivity contribution in [3.8, 4) is 11.3 Å². The van der Waals surface area contributed by atoms with Gasteiger partial charge in [0.15, 0.2) is 0 Å². The number of hydrogen-bond acceptors (Lipinski definition) is 4. The molecule has 5 heteroatoms. The van der Waals surface area contributed by atoms with Gasteiger partial charge in [-0.05, 0) is 6.42 Å². The lowest BCUT2D eigenvalue weighted by atomic mass is 10.1. The maximum atomic E-state index is 12.1. The van der Waals surface area contributed by atoms with Crippen molar-refractivity contribution >= 4 is 28.4 Å². The zero-order valence-electron chi connectivity index (χ0n) is 13.2. The quantitative estimate of drug-likeness (QED) is 0.683. The molecule has 0 saturated carbocycles. The second-order valence-electron chi connectivity index (χ2n) is 5.79. The molecular formula is C19H17N3OS. The van der Waals surface area contributed by atoms with E-state index in [0.29, 0.717) is 5.75 Å². The summed E-state index contributed by atoms with van der Waals surface area (Å²) in [6, 6.07) is 18.2. The van der Waals surface area contributed by atoms with E-state index >= 15 is 0 Å². The summed E-state index contributed by atoms with van der Waals surface area (Å²) in [5.74, 6) is 0.605. The second-order valence-corrected chi connectivity index (χ2v) is 6.75. The van der Waals surface area contributed by atoms with Crippen molar-refractivity contribution in [3.05, 3.63) is 54.6 Å². The van der Waals surface area contributed by atoms with Crippen LogP contribution < -0.4 is 0 Å². The number of aromatic nitrogens is 2. The first-order valence-corrected chi connectivity index (χ1v) is 9.03. The van der Waals surface area contributed by atoms with Gasteiger partial charge in [0, 0.05) is 29.4 Å². The number of hydrogen-bond donors (Lipinski definition) is 0. The van der Waals surface area contributed by atoms with Crippen molar-refractivity contribution in [1.29, 1.82) is 0 Å². The molecule has 2 aromatic carbocycles. The largest absolute Gasteiger partial charge is 0.342 e. The number of carbonyl (C=O) groups is 1. The van der Waals surface area contributed by atoms with Crippen LogP contribution in [0.5, 0.6) is 0 Å². The molecule has 1 fully saturated rings. The molecule has 0 unspecified atom stereocenters. The smallest absolute Gasteiger partial charge is 0.232 e. The Hall–Kier alpha value is -2.40. The van der Waals surface area contributed by atoms with Crippen molar-refractivity contribution in [2.24, 2.45) is 0 Å². The summed E-state index contributed by atoms with van der Waals surface area (Å²) < 4.78 is 0. The molecule has 1 saturated heterocycles. The molecule has 0 atom stereocenters. The first-order chi connectivity index (χ1) is 11.8. The van der Waals surface area contributed by atoms with Gasteiger partial charge in [0.1, 0.15) is 10.7 Å². The molecule has 0 spiro atoms. The number of rotatable bonds is 4. The third-order valence-electron chi connectivity index (χ3n) is 4.24. The van der Waals surface area contributed by atoms with E-state index in [9.17, 15) is 4.79 Å². The van der Waals surface area contributed by atoms with Gasteiger partial charge in [0.25, 0.3) is 0 Å². The minimum atomic E-state index is 0.185. The Morgan fingerprint density at radius 1 is 0.958 bits per heavy atom. The third kappa shape index (κ3) is 2.87. The van der Waals surface area contributed by atoms with Crippen molar-refractivity contribution < 1.29 is 4.79 Å². The van der Waals surface area contributed by atoms with Crippen molar-refractivity contribution in [1.82, 2.24) is 15.1 Å². The Morgan fingerprint density at radius 3 is 2.38 bits per heavy atom. The Balaban J connectivity index is 1.66. The van der Waals surface area contributed by atoms with E-state index in [4.69, 9.17) is 0 Å². The fourth-order valence-corrected chi connectivity index (χ4v) is 3.66. The van der Waals surface area contributed by atoms with E-state index in [2.05, 4.69) is 16.3 Å². The van der Waals surface area contributed by atoms with Gasteiger partial charge in [-0.2, -0.15) is 0 Å². The highest BCUT2D eigenvalue weighted by molar-refractivity contribution is 8.00. The van der Waals surface area contributed by atoms with Crippen molar-refractivity contribution in [2.75, 3.05) is 18.8 Å². The van der Waals surface area contributed by atoms with Crippen LogP contribution in [-0.2, 0) is 4.79 Å². The fraction of sp³-hybridized carbons (Fsp3) is 0.211. The molecule has 1 aliphatic rings. The van der Waals surface area contributed by atoms with Gasteiger partial charge in [-0.25, -0.2) is 0 Å². The molecule has 4 rings (SSSR count). The molecule has 4 nitrogen and oxygen atoms in total. The average molecular weight is 335 g/mol. The fourth-order valence-electron chi connectivity index (χ4n) is 2.78. The first kappa shape index (κ1) is 15.1. The predicted octanol–water partition coefficient (Wildman–Crippen LogP) is 3.62. The summed E-state index contributed by atoms with van der Waals surface area (Å²) in [6.45, 7) is 1.78. The predicted molar refractivity (Wildman–Crippen MR) is 96.9 cm³/mol. The number of fused-ring (bicyclic) bond motifs is 1. The van der Waals surface area contributed by atoms with Gasteiger partial charge in [0.05, 0.1) is 5.75 Å². The zero-order chi connectivity index (χ0) is 16.4. The summed E-state index contributed by atoms with van der Waals surface area (Å²) >= 11 is 1.47.